The molecule has 0 spiro atoms. The molecule has 0 aromatic heterocycles. The molecule has 2 fully saturated rings. The van der Waals surface area contributed by atoms with Crippen molar-refractivity contribution in [3.63, 3.8) is 0 Å². The van der Waals surface area contributed by atoms with Crippen molar-refractivity contribution >= 4 is 23.1 Å². The highest BCUT2D eigenvalue weighted by Crippen LogP contribution is 2.39. The number of rotatable bonds is 13. The lowest BCUT2D eigenvalue weighted by atomic mass is 9.98. The zero-order valence-electron chi connectivity index (χ0n) is 33.1. The Morgan fingerprint density at radius 3 is 2.13 bits per heavy atom. The van der Waals surface area contributed by atoms with Crippen molar-refractivity contribution in [2.24, 2.45) is 0 Å². The van der Waals surface area contributed by atoms with Crippen molar-refractivity contribution in [3.8, 4) is 22.6 Å². The van der Waals surface area contributed by atoms with Crippen LogP contribution in [0, 0.1) is 10.1 Å². The SMILES string of the molecule is O=C(NCc1cccc(-c2ccc([C@H]3O[C@@H](CN4CCN(c5ccc([N+](=O)[O-])cc5)CC4)C[C@@H](c4ccc(CO)cc4)O3)cc2)c1)Nc1ccc(Oc2ccccc2)cc1. The van der Waals surface area contributed by atoms with Crippen LogP contribution in [0.25, 0.3) is 11.1 Å². The third kappa shape index (κ3) is 10.3. The molecule has 3 N–H and O–H groups in total. The first-order valence-electron chi connectivity index (χ1n) is 20.1. The van der Waals surface area contributed by atoms with Crippen LogP contribution in [-0.4, -0.2) is 59.8 Å². The summed E-state index contributed by atoms with van der Waals surface area (Å²) in [5.74, 6) is 1.42. The summed E-state index contributed by atoms with van der Waals surface area (Å²) in [6.07, 6.45) is -0.184. The highest BCUT2D eigenvalue weighted by molar-refractivity contribution is 5.89. The molecule has 306 valence electrons. The second-order valence-corrected chi connectivity index (χ2v) is 15.0. The maximum absolute atomic E-state index is 12.8. The number of hydrogen-bond acceptors (Lipinski definition) is 9. The van der Waals surface area contributed by atoms with Gasteiger partial charge in [0.15, 0.2) is 6.29 Å². The van der Waals surface area contributed by atoms with Crippen LogP contribution in [0.2, 0.25) is 0 Å². The van der Waals surface area contributed by atoms with Crippen molar-refractivity contribution in [1.29, 1.82) is 0 Å². The van der Waals surface area contributed by atoms with E-state index in [1.165, 1.54) is 0 Å². The fourth-order valence-corrected chi connectivity index (χ4v) is 7.58. The Morgan fingerprint density at radius 1 is 0.733 bits per heavy atom. The fourth-order valence-electron chi connectivity index (χ4n) is 7.58. The Hall–Kier alpha value is -6.57. The number of hydrogen-bond donors (Lipinski definition) is 3. The van der Waals surface area contributed by atoms with Crippen LogP contribution >= 0.6 is 0 Å². The van der Waals surface area contributed by atoms with Gasteiger partial charge in [-0.1, -0.05) is 84.9 Å². The molecule has 2 aliphatic heterocycles. The molecule has 12 nitrogen and oxygen atoms in total. The summed E-state index contributed by atoms with van der Waals surface area (Å²) in [6.45, 7) is 4.37. The van der Waals surface area contributed by atoms with Gasteiger partial charge in [-0.15, -0.1) is 0 Å². The van der Waals surface area contributed by atoms with Crippen LogP contribution in [0.1, 0.15) is 41.1 Å². The minimum Gasteiger partial charge on any atom is -0.457 e. The Morgan fingerprint density at radius 2 is 1.43 bits per heavy atom. The van der Waals surface area contributed by atoms with Crippen molar-refractivity contribution in [3.05, 3.63) is 184 Å². The van der Waals surface area contributed by atoms with Crippen LogP contribution in [0.5, 0.6) is 11.5 Å². The van der Waals surface area contributed by atoms with Gasteiger partial charge in [0, 0.05) is 74.8 Å². The topological polar surface area (TPSA) is 139 Å². The third-order valence-electron chi connectivity index (χ3n) is 10.9. The molecule has 2 amide bonds. The van der Waals surface area contributed by atoms with Crippen LogP contribution in [0.15, 0.2) is 152 Å². The lowest BCUT2D eigenvalue weighted by Crippen LogP contribution is -2.49. The number of nitro benzene ring substituents is 1. The van der Waals surface area contributed by atoms with Crippen molar-refractivity contribution in [2.75, 3.05) is 42.9 Å². The molecular weight excluding hydrogens is 759 g/mol. The molecule has 3 atom stereocenters. The monoisotopic (exact) mass is 805 g/mol. The second kappa shape index (κ2) is 19.0. The maximum atomic E-state index is 12.8. The predicted octanol–water partition coefficient (Wildman–Crippen LogP) is 9.24. The van der Waals surface area contributed by atoms with E-state index in [9.17, 15) is 20.0 Å². The molecule has 6 aromatic carbocycles. The number of urea groups is 1. The summed E-state index contributed by atoms with van der Waals surface area (Å²) in [7, 11) is 0. The molecule has 2 aliphatic rings. The summed E-state index contributed by atoms with van der Waals surface area (Å²) < 4.78 is 19.2. The van der Waals surface area contributed by atoms with Crippen molar-refractivity contribution < 1.29 is 29.0 Å². The molecule has 0 aliphatic carbocycles. The molecule has 2 heterocycles. The minimum atomic E-state index is -0.580. The highest BCUT2D eigenvalue weighted by atomic mass is 16.7. The Kier molecular flexibility index (Phi) is 12.7. The van der Waals surface area contributed by atoms with E-state index in [0.717, 1.165) is 77.5 Å². The Labute approximate surface area is 349 Å². The van der Waals surface area contributed by atoms with E-state index < -0.39 is 6.29 Å². The molecule has 8 rings (SSSR count). The number of para-hydroxylation sites is 1. The number of ether oxygens (including phenoxy) is 3. The lowest BCUT2D eigenvalue weighted by molar-refractivity contribution is -0.384. The first-order chi connectivity index (χ1) is 29.3. The first-order valence-corrected chi connectivity index (χ1v) is 20.1. The van der Waals surface area contributed by atoms with Gasteiger partial charge in [-0.05, 0) is 82.4 Å². The minimum absolute atomic E-state index is 0.0191. The highest BCUT2D eigenvalue weighted by Gasteiger charge is 2.34. The van der Waals surface area contributed by atoms with E-state index in [2.05, 4.69) is 44.7 Å². The molecule has 2 saturated heterocycles. The van der Waals surface area contributed by atoms with Crippen LogP contribution < -0.4 is 20.3 Å². The standard InChI is InChI=1S/C48H47N5O7/c54-33-34-9-11-37(12-10-34)46-30-45(32-51-25-27-52(28-26-51)41-19-21-42(22-20-41)53(56)57)59-47(60-46)38-15-13-36(14-16-38)39-6-4-5-35(29-39)31-49-48(55)50-40-17-23-44(24-18-40)58-43-7-2-1-3-8-43/h1-24,29,45-47,54H,25-28,30-33H2,(H2,49,50,55)/t45-,46+,47+/m1/s1. The molecule has 60 heavy (non-hydrogen) atoms. The molecule has 0 saturated carbocycles. The van der Waals surface area contributed by atoms with E-state index in [1.54, 1.807) is 24.3 Å². The number of nitrogens with one attached hydrogen (secondary N) is 2. The van der Waals surface area contributed by atoms with Gasteiger partial charge in [0.25, 0.3) is 5.69 Å². The molecule has 0 unspecified atom stereocenters. The Balaban J connectivity index is 0.880. The number of non-ortho nitro benzene ring substituents is 1. The number of nitrogens with zero attached hydrogens (tertiary/aromatic N) is 3. The van der Waals surface area contributed by atoms with Crippen LogP contribution in [0.3, 0.4) is 0 Å². The smallest absolute Gasteiger partial charge is 0.319 e. The number of aliphatic hydroxyl groups excluding tert-OH is 1. The van der Waals surface area contributed by atoms with Gasteiger partial charge in [-0.2, -0.15) is 0 Å². The van der Waals surface area contributed by atoms with Crippen LogP contribution in [0.4, 0.5) is 21.9 Å². The largest absolute Gasteiger partial charge is 0.457 e. The van der Waals surface area contributed by atoms with Gasteiger partial charge in [0.1, 0.15) is 11.5 Å². The molecular formula is C48H47N5O7. The summed E-state index contributed by atoms with van der Waals surface area (Å²) in [5.41, 5.74) is 7.54. The summed E-state index contributed by atoms with van der Waals surface area (Å²) in [6, 6.07) is 47.4. The zero-order chi connectivity index (χ0) is 41.3. The maximum Gasteiger partial charge on any atom is 0.319 e. The number of carbonyl (C=O) groups excluding carboxylic acids is 1. The van der Waals surface area contributed by atoms with Crippen molar-refractivity contribution in [1.82, 2.24) is 10.2 Å². The van der Waals surface area contributed by atoms with E-state index in [4.69, 9.17) is 14.2 Å². The van der Waals surface area contributed by atoms with E-state index in [-0.39, 0.29) is 35.5 Å². The van der Waals surface area contributed by atoms with Gasteiger partial charge >= 0.3 is 6.03 Å². The van der Waals surface area contributed by atoms with E-state index in [0.29, 0.717) is 24.4 Å². The molecule has 12 heteroatoms. The quantitative estimate of drug-likeness (QED) is 0.0770. The third-order valence-corrected chi connectivity index (χ3v) is 10.9. The number of carbonyl (C=O) groups is 1. The number of aliphatic hydroxyl groups is 1. The van der Waals surface area contributed by atoms with Gasteiger partial charge in [-0.3, -0.25) is 15.0 Å². The predicted molar refractivity (Wildman–Crippen MR) is 231 cm³/mol. The van der Waals surface area contributed by atoms with E-state index in [1.807, 2.05) is 103 Å². The van der Waals surface area contributed by atoms with Crippen LogP contribution in [-0.2, 0) is 22.6 Å². The van der Waals surface area contributed by atoms with E-state index >= 15 is 0 Å². The zero-order valence-corrected chi connectivity index (χ0v) is 33.1. The molecule has 6 aromatic rings. The number of anilines is 2. The van der Waals surface area contributed by atoms with Gasteiger partial charge in [0.05, 0.1) is 23.7 Å². The summed E-state index contributed by atoms with van der Waals surface area (Å²) in [5, 5.41) is 26.6. The fraction of sp³-hybridized carbons (Fsp3) is 0.229. The molecule has 0 radical (unpaired) electrons. The Bertz CT molecular complexity index is 2340. The number of piperazine rings is 1. The number of benzene rings is 6. The van der Waals surface area contributed by atoms with Gasteiger partial charge in [-0.25, -0.2) is 4.79 Å². The molecule has 0 bridgehead atoms. The normalized spacial score (nSPS) is 18.1. The average Bonchev–Trinajstić information content (AvgIpc) is 3.30. The van der Waals surface area contributed by atoms with Gasteiger partial charge < -0.3 is 34.9 Å². The lowest BCUT2D eigenvalue weighted by Gasteiger charge is -2.41. The summed E-state index contributed by atoms with van der Waals surface area (Å²) >= 11 is 0. The number of nitro groups is 1. The second-order valence-electron chi connectivity index (χ2n) is 15.0. The average molecular weight is 806 g/mol. The summed E-state index contributed by atoms with van der Waals surface area (Å²) in [4.78, 5) is 28.2. The number of amides is 2. The van der Waals surface area contributed by atoms with Gasteiger partial charge in [0.2, 0.25) is 0 Å². The van der Waals surface area contributed by atoms with Crippen molar-refractivity contribution in [2.45, 2.75) is 38.1 Å². The first kappa shape index (κ1) is 40.2.